The van der Waals surface area contributed by atoms with Crippen LogP contribution in [-0.2, 0) is 9.53 Å². The molecule has 0 bridgehead atoms. The number of rotatable bonds is 4. The number of carbonyl (C=O) groups is 3. The minimum atomic E-state index is -0.699. The van der Waals surface area contributed by atoms with Crippen LogP contribution in [0.1, 0.15) is 33.6 Å². The fourth-order valence-electron chi connectivity index (χ4n) is 2.89. The standard InChI is InChI=1S/C16H17FN2O4/c17-12-3-1-2-11-13(12)16(22)19(15(11)21)7-6-18-14(20)10-4-8-23-9-5-10/h1-3,10H,4-9H2,(H,18,20). The van der Waals surface area contributed by atoms with Gasteiger partial charge in [0.15, 0.2) is 0 Å². The largest absolute Gasteiger partial charge is 0.381 e. The van der Waals surface area contributed by atoms with Crippen molar-refractivity contribution in [2.45, 2.75) is 12.8 Å². The second kappa shape index (κ2) is 6.45. The van der Waals surface area contributed by atoms with Gasteiger partial charge in [-0.05, 0) is 25.0 Å². The van der Waals surface area contributed by atoms with Gasteiger partial charge in [0.2, 0.25) is 5.91 Å². The fourth-order valence-corrected chi connectivity index (χ4v) is 2.89. The molecule has 0 unspecified atom stereocenters. The highest BCUT2D eigenvalue weighted by Crippen LogP contribution is 2.24. The Bertz CT molecular complexity index is 655. The second-order valence-corrected chi connectivity index (χ2v) is 5.60. The molecule has 0 aliphatic carbocycles. The van der Waals surface area contributed by atoms with E-state index in [1.54, 1.807) is 0 Å². The van der Waals surface area contributed by atoms with Gasteiger partial charge in [-0.25, -0.2) is 4.39 Å². The first kappa shape index (κ1) is 15.6. The van der Waals surface area contributed by atoms with Crippen molar-refractivity contribution in [2.75, 3.05) is 26.3 Å². The summed E-state index contributed by atoms with van der Waals surface area (Å²) in [5.41, 5.74) is -0.112. The van der Waals surface area contributed by atoms with Gasteiger partial charge in [-0.15, -0.1) is 0 Å². The molecule has 6 nitrogen and oxygen atoms in total. The van der Waals surface area contributed by atoms with E-state index in [4.69, 9.17) is 4.74 Å². The maximum absolute atomic E-state index is 13.7. The van der Waals surface area contributed by atoms with E-state index in [0.29, 0.717) is 26.1 Å². The van der Waals surface area contributed by atoms with Crippen molar-refractivity contribution < 1.29 is 23.5 Å². The van der Waals surface area contributed by atoms with Gasteiger partial charge in [-0.3, -0.25) is 19.3 Å². The molecule has 2 heterocycles. The van der Waals surface area contributed by atoms with E-state index in [2.05, 4.69) is 5.32 Å². The van der Waals surface area contributed by atoms with Crippen LogP contribution in [0.25, 0.3) is 0 Å². The molecule has 122 valence electrons. The molecule has 0 atom stereocenters. The highest BCUT2D eigenvalue weighted by molar-refractivity contribution is 6.21. The number of hydrogen-bond donors (Lipinski definition) is 1. The number of nitrogens with zero attached hydrogens (tertiary/aromatic N) is 1. The number of halogens is 1. The van der Waals surface area contributed by atoms with Crippen molar-refractivity contribution in [1.82, 2.24) is 10.2 Å². The first-order valence-corrected chi connectivity index (χ1v) is 7.59. The number of carbonyl (C=O) groups excluding carboxylic acids is 3. The molecule has 1 N–H and O–H groups in total. The Balaban J connectivity index is 1.57. The lowest BCUT2D eigenvalue weighted by atomic mass is 9.99. The number of amides is 3. The molecule has 2 aliphatic rings. The van der Waals surface area contributed by atoms with Crippen LogP contribution in [0.4, 0.5) is 4.39 Å². The van der Waals surface area contributed by atoms with Gasteiger partial charge in [0, 0.05) is 32.2 Å². The first-order chi connectivity index (χ1) is 11.1. The Kier molecular flexibility index (Phi) is 4.38. The van der Waals surface area contributed by atoms with Gasteiger partial charge >= 0.3 is 0 Å². The quantitative estimate of drug-likeness (QED) is 0.839. The van der Waals surface area contributed by atoms with E-state index in [1.807, 2.05) is 0 Å². The van der Waals surface area contributed by atoms with Crippen LogP contribution in [0.3, 0.4) is 0 Å². The third-order valence-corrected chi connectivity index (χ3v) is 4.17. The van der Waals surface area contributed by atoms with E-state index < -0.39 is 17.6 Å². The molecule has 0 aromatic heterocycles. The molecule has 1 aromatic rings. The highest BCUT2D eigenvalue weighted by Gasteiger charge is 2.37. The number of nitrogens with one attached hydrogen (secondary N) is 1. The Labute approximate surface area is 132 Å². The number of benzene rings is 1. The topological polar surface area (TPSA) is 75.7 Å². The van der Waals surface area contributed by atoms with Gasteiger partial charge in [-0.2, -0.15) is 0 Å². The molecular formula is C16H17FN2O4. The zero-order chi connectivity index (χ0) is 16.4. The van der Waals surface area contributed by atoms with Crippen molar-refractivity contribution >= 4 is 17.7 Å². The Hall–Kier alpha value is -2.28. The lowest BCUT2D eigenvalue weighted by Crippen LogP contribution is -2.41. The molecule has 0 radical (unpaired) electrons. The van der Waals surface area contributed by atoms with Crippen molar-refractivity contribution in [3.8, 4) is 0 Å². The zero-order valence-electron chi connectivity index (χ0n) is 12.5. The van der Waals surface area contributed by atoms with Crippen molar-refractivity contribution in [1.29, 1.82) is 0 Å². The van der Waals surface area contributed by atoms with Crippen LogP contribution in [-0.4, -0.2) is 48.9 Å². The third-order valence-electron chi connectivity index (χ3n) is 4.17. The molecule has 7 heteroatoms. The van der Waals surface area contributed by atoms with Gasteiger partial charge in [0.25, 0.3) is 11.8 Å². The Morgan fingerprint density at radius 2 is 2.00 bits per heavy atom. The van der Waals surface area contributed by atoms with Gasteiger partial charge in [-0.1, -0.05) is 6.07 Å². The molecular weight excluding hydrogens is 303 g/mol. The van der Waals surface area contributed by atoms with Crippen LogP contribution in [0.15, 0.2) is 18.2 Å². The molecule has 1 aromatic carbocycles. The average Bonchev–Trinajstić information content (AvgIpc) is 2.81. The van der Waals surface area contributed by atoms with Crippen molar-refractivity contribution in [2.24, 2.45) is 5.92 Å². The summed E-state index contributed by atoms with van der Waals surface area (Å²) in [4.78, 5) is 37.2. The van der Waals surface area contributed by atoms with E-state index in [9.17, 15) is 18.8 Å². The monoisotopic (exact) mass is 320 g/mol. The summed E-state index contributed by atoms with van der Waals surface area (Å²) < 4.78 is 18.9. The SMILES string of the molecule is O=C(NCCN1C(=O)c2cccc(F)c2C1=O)C1CCOCC1. The summed E-state index contributed by atoms with van der Waals surface area (Å²) >= 11 is 0. The minimum Gasteiger partial charge on any atom is -0.381 e. The predicted molar refractivity (Wildman–Crippen MR) is 78.3 cm³/mol. The maximum Gasteiger partial charge on any atom is 0.264 e. The average molecular weight is 320 g/mol. The van der Waals surface area contributed by atoms with Crippen molar-refractivity contribution in [3.63, 3.8) is 0 Å². The van der Waals surface area contributed by atoms with Gasteiger partial charge in [0.1, 0.15) is 5.82 Å². The summed E-state index contributed by atoms with van der Waals surface area (Å²) in [5, 5.41) is 2.73. The number of ether oxygens (including phenoxy) is 1. The molecule has 3 rings (SSSR count). The smallest absolute Gasteiger partial charge is 0.264 e. The van der Waals surface area contributed by atoms with E-state index in [1.165, 1.54) is 12.1 Å². The fraction of sp³-hybridized carbons (Fsp3) is 0.438. The van der Waals surface area contributed by atoms with Crippen molar-refractivity contribution in [3.05, 3.63) is 35.1 Å². The zero-order valence-corrected chi connectivity index (χ0v) is 12.5. The Morgan fingerprint density at radius 3 is 2.70 bits per heavy atom. The highest BCUT2D eigenvalue weighted by atomic mass is 19.1. The van der Waals surface area contributed by atoms with E-state index in [0.717, 1.165) is 11.0 Å². The summed E-state index contributed by atoms with van der Waals surface area (Å²) in [7, 11) is 0. The number of fused-ring (bicyclic) bond motifs is 1. The molecule has 2 aliphatic heterocycles. The summed E-state index contributed by atoms with van der Waals surface area (Å²) in [6, 6.07) is 3.98. The summed E-state index contributed by atoms with van der Waals surface area (Å²) in [5.74, 6) is -2.07. The lowest BCUT2D eigenvalue weighted by molar-refractivity contribution is -0.127. The lowest BCUT2D eigenvalue weighted by Gasteiger charge is -2.22. The number of imide groups is 1. The molecule has 1 saturated heterocycles. The predicted octanol–water partition coefficient (Wildman–Crippen LogP) is 0.964. The van der Waals surface area contributed by atoms with E-state index in [-0.39, 0.29) is 36.0 Å². The Morgan fingerprint density at radius 1 is 1.26 bits per heavy atom. The van der Waals surface area contributed by atoms with Crippen LogP contribution in [0.5, 0.6) is 0 Å². The van der Waals surface area contributed by atoms with Crippen LogP contribution < -0.4 is 5.32 Å². The van der Waals surface area contributed by atoms with Crippen LogP contribution >= 0.6 is 0 Å². The summed E-state index contributed by atoms with van der Waals surface area (Å²) in [6.07, 6.45) is 1.34. The molecule has 0 spiro atoms. The molecule has 23 heavy (non-hydrogen) atoms. The molecule has 1 fully saturated rings. The first-order valence-electron chi connectivity index (χ1n) is 7.59. The third kappa shape index (κ3) is 2.96. The minimum absolute atomic E-state index is 0.0285. The number of hydrogen-bond acceptors (Lipinski definition) is 4. The normalized spacial score (nSPS) is 18.2. The molecule has 3 amide bonds. The van der Waals surface area contributed by atoms with Crippen LogP contribution in [0.2, 0.25) is 0 Å². The van der Waals surface area contributed by atoms with Crippen LogP contribution in [0, 0.1) is 11.7 Å². The second-order valence-electron chi connectivity index (χ2n) is 5.60. The van der Waals surface area contributed by atoms with E-state index >= 15 is 0 Å². The summed E-state index contributed by atoms with van der Waals surface area (Å²) in [6.45, 7) is 1.32. The van der Waals surface area contributed by atoms with Gasteiger partial charge < -0.3 is 10.1 Å². The maximum atomic E-state index is 13.7. The molecule has 0 saturated carbocycles. The van der Waals surface area contributed by atoms with Gasteiger partial charge in [0.05, 0.1) is 11.1 Å².